The number of hydrogen-bond donors (Lipinski definition) is 0. The van der Waals surface area contributed by atoms with Crippen molar-refractivity contribution in [2.45, 2.75) is 18.2 Å². The molecule has 0 aromatic heterocycles. The van der Waals surface area contributed by atoms with Gasteiger partial charge in [0.25, 0.3) is 0 Å². The van der Waals surface area contributed by atoms with E-state index in [0.717, 1.165) is 17.7 Å². The Kier molecular flexibility index (Phi) is 4.89. The maximum atomic E-state index is 5.99. The van der Waals surface area contributed by atoms with Crippen molar-refractivity contribution in [2.24, 2.45) is 0 Å². The molecular weight excluding hydrogens is 324 g/mol. The van der Waals surface area contributed by atoms with Crippen LogP contribution in [0.25, 0.3) is 0 Å². The SMILES string of the molecule is COc1cc(Cl)ccc1C(Br)Cc1cccc(C)c1. The number of alkyl halides is 1. The van der Waals surface area contributed by atoms with E-state index in [1.807, 2.05) is 18.2 Å². The van der Waals surface area contributed by atoms with E-state index in [1.54, 1.807) is 7.11 Å². The minimum atomic E-state index is 0.210. The third kappa shape index (κ3) is 3.74. The zero-order valence-corrected chi connectivity index (χ0v) is 13.3. The molecule has 0 aliphatic carbocycles. The van der Waals surface area contributed by atoms with Gasteiger partial charge in [-0.15, -0.1) is 0 Å². The van der Waals surface area contributed by atoms with E-state index >= 15 is 0 Å². The first-order valence-corrected chi connectivity index (χ1v) is 7.42. The largest absolute Gasteiger partial charge is 0.496 e. The van der Waals surface area contributed by atoms with E-state index < -0.39 is 0 Å². The van der Waals surface area contributed by atoms with Crippen LogP contribution in [-0.2, 0) is 6.42 Å². The Labute approximate surface area is 127 Å². The van der Waals surface area contributed by atoms with E-state index in [9.17, 15) is 0 Å². The normalized spacial score (nSPS) is 12.2. The van der Waals surface area contributed by atoms with Crippen LogP contribution >= 0.6 is 27.5 Å². The molecule has 0 N–H and O–H groups in total. The van der Waals surface area contributed by atoms with Crippen molar-refractivity contribution in [3.8, 4) is 5.75 Å². The van der Waals surface area contributed by atoms with Crippen LogP contribution in [0.1, 0.15) is 21.5 Å². The predicted molar refractivity (Wildman–Crippen MR) is 84.6 cm³/mol. The summed E-state index contributed by atoms with van der Waals surface area (Å²) >= 11 is 9.73. The van der Waals surface area contributed by atoms with Crippen molar-refractivity contribution in [3.63, 3.8) is 0 Å². The van der Waals surface area contributed by atoms with Gasteiger partial charge >= 0.3 is 0 Å². The molecule has 2 rings (SSSR count). The van der Waals surface area contributed by atoms with Crippen LogP contribution in [0.4, 0.5) is 0 Å². The first-order valence-electron chi connectivity index (χ1n) is 6.13. The molecule has 0 radical (unpaired) electrons. The molecule has 0 aliphatic rings. The molecule has 2 aromatic carbocycles. The third-order valence-corrected chi connectivity index (χ3v) is 4.08. The van der Waals surface area contributed by atoms with Crippen LogP contribution in [0.3, 0.4) is 0 Å². The number of halogens is 2. The second-order valence-electron chi connectivity index (χ2n) is 4.55. The maximum absolute atomic E-state index is 5.99. The molecule has 0 fully saturated rings. The lowest BCUT2D eigenvalue weighted by Gasteiger charge is -2.15. The van der Waals surface area contributed by atoms with Crippen molar-refractivity contribution in [3.05, 3.63) is 64.2 Å². The smallest absolute Gasteiger partial charge is 0.124 e. The van der Waals surface area contributed by atoms with Crippen LogP contribution in [0.5, 0.6) is 5.75 Å². The summed E-state index contributed by atoms with van der Waals surface area (Å²) < 4.78 is 5.39. The highest BCUT2D eigenvalue weighted by molar-refractivity contribution is 9.09. The van der Waals surface area contributed by atoms with Crippen LogP contribution in [0, 0.1) is 6.92 Å². The summed E-state index contributed by atoms with van der Waals surface area (Å²) in [6.45, 7) is 2.11. The number of methoxy groups -OCH3 is 1. The topological polar surface area (TPSA) is 9.23 Å². The molecule has 19 heavy (non-hydrogen) atoms. The monoisotopic (exact) mass is 338 g/mol. The summed E-state index contributed by atoms with van der Waals surface area (Å²) in [7, 11) is 1.67. The van der Waals surface area contributed by atoms with E-state index in [2.05, 4.69) is 47.1 Å². The summed E-state index contributed by atoms with van der Waals surface area (Å²) in [4.78, 5) is 0.210. The zero-order chi connectivity index (χ0) is 13.8. The molecule has 0 aliphatic heterocycles. The number of ether oxygens (including phenoxy) is 1. The van der Waals surface area contributed by atoms with Gasteiger partial charge in [0, 0.05) is 15.4 Å². The lowest BCUT2D eigenvalue weighted by molar-refractivity contribution is 0.409. The van der Waals surface area contributed by atoms with Gasteiger partial charge in [-0.25, -0.2) is 0 Å². The van der Waals surface area contributed by atoms with Crippen molar-refractivity contribution in [1.29, 1.82) is 0 Å². The molecule has 0 heterocycles. The molecule has 1 unspecified atom stereocenters. The Morgan fingerprint density at radius 2 is 2.00 bits per heavy atom. The van der Waals surface area contributed by atoms with Crippen molar-refractivity contribution in [1.82, 2.24) is 0 Å². The van der Waals surface area contributed by atoms with Gasteiger partial charge in [-0.05, 0) is 31.0 Å². The summed E-state index contributed by atoms with van der Waals surface area (Å²) in [5.41, 5.74) is 3.70. The predicted octanol–water partition coefficient (Wildman–Crippen LogP) is 5.34. The maximum Gasteiger partial charge on any atom is 0.124 e. The molecular formula is C16H16BrClO. The number of rotatable bonds is 4. The van der Waals surface area contributed by atoms with E-state index in [4.69, 9.17) is 16.3 Å². The highest BCUT2D eigenvalue weighted by Crippen LogP contribution is 2.35. The van der Waals surface area contributed by atoms with Crippen LogP contribution in [0.2, 0.25) is 5.02 Å². The molecule has 0 saturated heterocycles. The Hall–Kier alpha value is -0.990. The molecule has 2 aromatic rings. The Balaban J connectivity index is 2.22. The van der Waals surface area contributed by atoms with Gasteiger partial charge in [-0.3, -0.25) is 0 Å². The highest BCUT2D eigenvalue weighted by Gasteiger charge is 2.14. The lowest BCUT2D eigenvalue weighted by Crippen LogP contribution is -1.99. The van der Waals surface area contributed by atoms with Gasteiger partial charge in [-0.2, -0.15) is 0 Å². The van der Waals surface area contributed by atoms with Gasteiger partial charge in [0.05, 0.1) is 7.11 Å². The zero-order valence-electron chi connectivity index (χ0n) is 11.0. The molecule has 0 amide bonds. The Bertz CT molecular complexity index is 568. The van der Waals surface area contributed by atoms with Crippen molar-refractivity contribution in [2.75, 3.05) is 7.11 Å². The van der Waals surface area contributed by atoms with E-state index in [1.165, 1.54) is 11.1 Å². The van der Waals surface area contributed by atoms with Crippen LogP contribution in [-0.4, -0.2) is 7.11 Å². The summed E-state index contributed by atoms with van der Waals surface area (Å²) in [5, 5.41) is 0.691. The first kappa shape index (κ1) is 14.4. The average Bonchev–Trinajstić information content (AvgIpc) is 2.38. The molecule has 0 saturated carbocycles. The fourth-order valence-corrected chi connectivity index (χ4v) is 3.01. The van der Waals surface area contributed by atoms with Crippen LogP contribution < -0.4 is 4.74 Å². The second-order valence-corrected chi connectivity index (χ2v) is 6.09. The van der Waals surface area contributed by atoms with Gasteiger partial charge in [0.1, 0.15) is 5.75 Å². The Morgan fingerprint density at radius 3 is 2.68 bits per heavy atom. The lowest BCUT2D eigenvalue weighted by atomic mass is 10.0. The molecule has 1 nitrogen and oxygen atoms in total. The van der Waals surface area contributed by atoms with Crippen LogP contribution in [0.15, 0.2) is 42.5 Å². The fraction of sp³-hybridized carbons (Fsp3) is 0.250. The highest BCUT2D eigenvalue weighted by atomic mass is 79.9. The van der Waals surface area contributed by atoms with Crippen molar-refractivity contribution < 1.29 is 4.74 Å². The van der Waals surface area contributed by atoms with Crippen molar-refractivity contribution >= 4 is 27.5 Å². The quantitative estimate of drug-likeness (QED) is 0.684. The second kappa shape index (κ2) is 6.44. The molecule has 0 bridgehead atoms. The minimum absolute atomic E-state index is 0.210. The minimum Gasteiger partial charge on any atom is -0.496 e. The number of hydrogen-bond acceptors (Lipinski definition) is 1. The van der Waals surface area contributed by atoms with E-state index in [-0.39, 0.29) is 4.83 Å². The fourth-order valence-electron chi connectivity index (χ4n) is 2.10. The summed E-state index contributed by atoms with van der Waals surface area (Å²) in [6.07, 6.45) is 0.916. The van der Waals surface area contributed by atoms with E-state index in [0.29, 0.717) is 5.02 Å². The molecule has 0 spiro atoms. The van der Waals surface area contributed by atoms with Gasteiger partial charge in [-0.1, -0.05) is 63.4 Å². The number of benzene rings is 2. The Morgan fingerprint density at radius 1 is 1.21 bits per heavy atom. The standard InChI is InChI=1S/C16H16BrClO/c1-11-4-3-5-12(8-11)9-15(17)14-7-6-13(18)10-16(14)19-2/h3-8,10,15H,9H2,1-2H3. The molecule has 1 atom stereocenters. The summed E-state index contributed by atoms with van der Waals surface area (Å²) in [5.74, 6) is 0.821. The van der Waals surface area contributed by atoms with Gasteiger partial charge < -0.3 is 4.74 Å². The van der Waals surface area contributed by atoms with Gasteiger partial charge in [0.15, 0.2) is 0 Å². The molecule has 3 heteroatoms. The summed E-state index contributed by atoms with van der Waals surface area (Å²) in [6, 6.07) is 14.3. The first-order chi connectivity index (χ1) is 9.10. The number of aryl methyl sites for hydroxylation is 1. The average molecular weight is 340 g/mol. The molecule has 100 valence electrons. The third-order valence-electron chi connectivity index (χ3n) is 3.03. The van der Waals surface area contributed by atoms with Gasteiger partial charge in [0.2, 0.25) is 0 Å².